The molecule has 0 saturated carbocycles. The Bertz CT molecular complexity index is 968. The zero-order chi connectivity index (χ0) is 18.7. The molecule has 130 valence electrons. The summed E-state index contributed by atoms with van der Waals surface area (Å²) in [5.41, 5.74) is 0.615. The van der Waals surface area contributed by atoms with Crippen LogP contribution < -0.4 is 4.90 Å². The zero-order valence-electron chi connectivity index (χ0n) is 13.2. The van der Waals surface area contributed by atoms with E-state index in [1.54, 1.807) is 24.3 Å². The Hall–Kier alpha value is -3.39. The molecule has 7 nitrogen and oxygen atoms in total. The molecule has 1 aliphatic heterocycles. The lowest BCUT2D eigenvalue weighted by molar-refractivity contribution is -0.385. The van der Waals surface area contributed by atoms with Gasteiger partial charge in [-0.3, -0.25) is 19.7 Å². The molecule has 1 heterocycles. The number of imide groups is 1. The maximum atomic E-state index is 12.4. The summed E-state index contributed by atoms with van der Waals surface area (Å²) in [5, 5.41) is 20.0. The molecule has 8 heteroatoms. The Kier molecular flexibility index (Phi) is 4.85. The lowest BCUT2D eigenvalue weighted by atomic mass is 10.1. The molecular weight excluding hydrogens is 356 g/mol. The molecule has 0 unspecified atom stereocenters. The third-order valence-corrected chi connectivity index (χ3v) is 4.43. The highest BCUT2D eigenvalue weighted by Crippen LogP contribution is 2.35. The van der Waals surface area contributed by atoms with Gasteiger partial charge >= 0.3 is 0 Å². The highest BCUT2D eigenvalue weighted by atomic mass is 32.2. The number of phenolic OH excluding ortho intramolecular Hbond substituents is 1. The van der Waals surface area contributed by atoms with Gasteiger partial charge in [0, 0.05) is 12.1 Å². The van der Waals surface area contributed by atoms with Gasteiger partial charge in [0.25, 0.3) is 16.8 Å². The van der Waals surface area contributed by atoms with Crippen molar-refractivity contribution < 1.29 is 19.6 Å². The molecule has 0 radical (unpaired) electrons. The summed E-state index contributed by atoms with van der Waals surface area (Å²) in [7, 11) is 0. The SMILES string of the molecule is O=C1S/C(=C/C=C/c2ccccc2[N+](=O)[O-])C(=O)N1c1cccc(O)c1. The number of thioether (sulfide) groups is 1. The van der Waals surface area contributed by atoms with Crippen LogP contribution in [0.25, 0.3) is 6.08 Å². The van der Waals surface area contributed by atoms with Crippen LogP contribution in [0.5, 0.6) is 5.75 Å². The number of nitro benzene ring substituents is 1. The molecule has 1 saturated heterocycles. The van der Waals surface area contributed by atoms with E-state index >= 15 is 0 Å². The van der Waals surface area contributed by atoms with Crippen molar-refractivity contribution in [1.29, 1.82) is 0 Å². The molecular formula is C18H12N2O5S. The highest BCUT2D eigenvalue weighted by Gasteiger charge is 2.36. The van der Waals surface area contributed by atoms with Gasteiger partial charge in [-0.15, -0.1) is 0 Å². The standard InChI is InChI=1S/C18H12N2O5S/c21-14-8-4-7-13(11-14)19-17(22)16(26-18(19)23)10-3-6-12-5-1-2-9-15(12)20(24)25/h1-11,21H/b6-3+,16-10+. The van der Waals surface area contributed by atoms with Gasteiger partial charge in [-0.1, -0.05) is 24.3 Å². The van der Waals surface area contributed by atoms with Gasteiger partial charge in [0.05, 0.1) is 21.1 Å². The molecule has 0 atom stereocenters. The van der Waals surface area contributed by atoms with Gasteiger partial charge in [0.2, 0.25) is 0 Å². The summed E-state index contributed by atoms with van der Waals surface area (Å²) < 4.78 is 0. The van der Waals surface area contributed by atoms with Crippen LogP contribution in [0.4, 0.5) is 16.2 Å². The van der Waals surface area contributed by atoms with E-state index in [1.807, 2.05) is 0 Å². The van der Waals surface area contributed by atoms with E-state index in [9.17, 15) is 24.8 Å². The maximum Gasteiger partial charge on any atom is 0.298 e. The topological polar surface area (TPSA) is 101 Å². The summed E-state index contributed by atoms with van der Waals surface area (Å²) in [6.07, 6.45) is 4.42. The molecule has 0 aromatic heterocycles. The summed E-state index contributed by atoms with van der Waals surface area (Å²) >= 11 is 0.760. The summed E-state index contributed by atoms with van der Waals surface area (Å²) in [6, 6.07) is 12.0. The van der Waals surface area contributed by atoms with Crippen molar-refractivity contribution in [1.82, 2.24) is 0 Å². The smallest absolute Gasteiger partial charge is 0.298 e. The van der Waals surface area contributed by atoms with Crippen molar-refractivity contribution in [3.63, 3.8) is 0 Å². The number of allylic oxidation sites excluding steroid dienone is 2. The number of amides is 2. The molecule has 1 N–H and O–H groups in total. The molecule has 0 spiro atoms. The number of para-hydroxylation sites is 1. The van der Waals surface area contributed by atoms with Crippen molar-refractivity contribution in [3.05, 3.63) is 81.3 Å². The maximum absolute atomic E-state index is 12.4. The lowest BCUT2D eigenvalue weighted by Gasteiger charge is -2.12. The van der Waals surface area contributed by atoms with Gasteiger partial charge in [-0.25, -0.2) is 4.90 Å². The van der Waals surface area contributed by atoms with Crippen molar-refractivity contribution >= 4 is 40.4 Å². The van der Waals surface area contributed by atoms with Crippen molar-refractivity contribution in [3.8, 4) is 5.75 Å². The van der Waals surface area contributed by atoms with Crippen LogP contribution in [0.15, 0.2) is 65.6 Å². The number of carbonyl (C=O) groups excluding carboxylic acids is 2. The molecule has 2 amide bonds. The van der Waals surface area contributed by atoms with Gasteiger partial charge in [0.1, 0.15) is 5.75 Å². The van der Waals surface area contributed by atoms with E-state index in [4.69, 9.17) is 0 Å². The fraction of sp³-hybridized carbons (Fsp3) is 0. The largest absolute Gasteiger partial charge is 0.508 e. The minimum atomic E-state index is -0.516. The first-order chi connectivity index (χ1) is 12.5. The van der Waals surface area contributed by atoms with E-state index in [2.05, 4.69) is 0 Å². The average molecular weight is 368 g/mol. The Morgan fingerprint density at radius 3 is 2.62 bits per heavy atom. The second-order valence-electron chi connectivity index (χ2n) is 5.23. The Balaban J connectivity index is 1.84. The van der Waals surface area contributed by atoms with Gasteiger partial charge in [-0.05, 0) is 42.1 Å². The molecule has 2 aromatic carbocycles. The lowest BCUT2D eigenvalue weighted by Crippen LogP contribution is -2.27. The predicted octanol–water partition coefficient (Wildman–Crippen LogP) is 4.10. The number of carbonyl (C=O) groups is 2. The summed E-state index contributed by atoms with van der Waals surface area (Å²) in [5.74, 6) is -0.570. The molecule has 2 aromatic rings. The minimum absolute atomic E-state index is 0.0509. The van der Waals surface area contributed by atoms with Gasteiger partial charge < -0.3 is 5.11 Å². The minimum Gasteiger partial charge on any atom is -0.508 e. The van der Waals surface area contributed by atoms with Gasteiger partial charge in [0.15, 0.2) is 0 Å². The first-order valence-electron chi connectivity index (χ1n) is 7.44. The first kappa shape index (κ1) is 17.4. The molecule has 0 aliphatic carbocycles. The van der Waals surface area contributed by atoms with E-state index < -0.39 is 16.1 Å². The second-order valence-corrected chi connectivity index (χ2v) is 6.23. The fourth-order valence-corrected chi connectivity index (χ4v) is 3.16. The van der Waals surface area contributed by atoms with E-state index in [0.29, 0.717) is 5.56 Å². The van der Waals surface area contributed by atoms with Crippen LogP contribution in [-0.2, 0) is 4.79 Å². The third kappa shape index (κ3) is 3.50. The fourth-order valence-electron chi connectivity index (χ4n) is 2.37. The van der Waals surface area contributed by atoms with Crippen LogP contribution >= 0.6 is 11.8 Å². The highest BCUT2D eigenvalue weighted by molar-refractivity contribution is 8.18. The number of nitrogens with zero attached hydrogens (tertiary/aromatic N) is 2. The summed E-state index contributed by atoms with van der Waals surface area (Å²) in [4.78, 5) is 36.2. The quantitative estimate of drug-likeness (QED) is 0.495. The van der Waals surface area contributed by atoms with Crippen LogP contribution in [0.2, 0.25) is 0 Å². The predicted molar refractivity (Wildman–Crippen MR) is 98.8 cm³/mol. The van der Waals surface area contributed by atoms with Crippen molar-refractivity contribution in [2.45, 2.75) is 0 Å². The Morgan fingerprint density at radius 1 is 1.12 bits per heavy atom. The van der Waals surface area contributed by atoms with E-state index in [0.717, 1.165) is 16.7 Å². The summed E-state index contributed by atoms with van der Waals surface area (Å²) in [6.45, 7) is 0. The number of nitro groups is 1. The first-order valence-corrected chi connectivity index (χ1v) is 8.26. The van der Waals surface area contributed by atoms with Gasteiger partial charge in [-0.2, -0.15) is 0 Å². The van der Waals surface area contributed by atoms with Crippen LogP contribution in [0.3, 0.4) is 0 Å². The van der Waals surface area contributed by atoms with E-state index in [-0.39, 0.29) is 22.0 Å². The number of rotatable bonds is 4. The van der Waals surface area contributed by atoms with Crippen LogP contribution in [0.1, 0.15) is 5.56 Å². The normalized spacial score (nSPS) is 16.0. The molecule has 0 bridgehead atoms. The number of phenols is 1. The average Bonchev–Trinajstić information content (AvgIpc) is 2.89. The number of anilines is 1. The van der Waals surface area contributed by atoms with Crippen molar-refractivity contribution in [2.24, 2.45) is 0 Å². The number of aromatic hydroxyl groups is 1. The monoisotopic (exact) mass is 368 g/mol. The van der Waals surface area contributed by atoms with E-state index in [1.165, 1.54) is 42.5 Å². The number of benzene rings is 2. The van der Waals surface area contributed by atoms with Crippen LogP contribution in [0, 0.1) is 10.1 Å². The Labute approximate surface area is 152 Å². The second kappa shape index (κ2) is 7.24. The third-order valence-electron chi connectivity index (χ3n) is 3.54. The van der Waals surface area contributed by atoms with Crippen molar-refractivity contribution in [2.75, 3.05) is 4.90 Å². The Morgan fingerprint density at radius 2 is 1.88 bits per heavy atom. The number of hydrogen-bond acceptors (Lipinski definition) is 6. The zero-order valence-corrected chi connectivity index (χ0v) is 14.1. The molecule has 3 rings (SSSR count). The van der Waals surface area contributed by atoms with Crippen LogP contribution in [-0.4, -0.2) is 21.2 Å². The number of hydrogen-bond donors (Lipinski definition) is 1. The molecule has 1 fully saturated rings. The molecule has 1 aliphatic rings. The molecule has 26 heavy (non-hydrogen) atoms.